The third kappa shape index (κ3) is 2.38. The molecule has 2 aliphatic heterocycles. The average Bonchev–Trinajstić information content (AvgIpc) is 2.97. The average molecular weight is 234 g/mol. The highest BCUT2D eigenvalue weighted by molar-refractivity contribution is 5.00. The van der Waals surface area contributed by atoms with Gasteiger partial charge in [-0.25, -0.2) is 0 Å². The van der Waals surface area contributed by atoms with Crippen molar-refractivity contribution in [3.63, 3.8) is 0 Å². The minimum Gasteiger partial charge on any atom is -0.312 e. The molecule has 3 heterocycles. The molecular weight excluding hydrogens is 212 g/mol. The van der Waals surface area contributed by atoms with E-state index >= 15 is 0 Å². The zero-order chi connectivity index (χ0) is 11.7. The number of fused-ring (bicyclic) bond motifs is 1. The van der Waals surface area contributed by atoms with Crippen molar-refractivity contribution < 1.29 is 0 Å². The highest BCUT2D eigenvalue weighted by Crippen LogP contribution is 2.27. The Hall–Kier alpha value is -0.870. The molecule has 1 N–H and O–H groups in total. The van der Waals surface area contributed by atoms with Gasteiger partial charge >= 0.3 is 0 Å². The number of hydrogen-bond donors (Lipinski definition) is 1. The molecule has 0 aliphatic carbocycles. The summed E-state index contributed by atoms with van der Waals surface area (Å²) < 4.78 is 1.88. The van der Waals surface area contributed by atoms with Gasteiger partial charge in [0.15, 0.2) is 0 Å². The summed E-state index contributed by atoms with van der Waals surface area (Å²) in [4.78, 5) is 2.65. The van der Waals surface area contributed by atoms with E-state index in [1.807, 2.05) is 17.9 Å². The zero-order valence-electron chi connectivity index (χ0n) is 10.6. The van der Waals surface area contributed by atoms with Gasteiger partial charge in [-0.3, -0.25) is 9.58 Å². The first kappa shape index (κ1) is 11.2. The summed E-state index contributed by atoms with van der Waals surface area (Å²) in [5.74, 6) is 0. The third-order valence-corrected chi connectivity index (χ3v) is 4.16. The molecule has 1 aromatic heterocycles. The van der Waals surface area contributed by atoms with Gasteiger partial charge in [0.2, 0.25) is 0 Å². The van der Waals surface area contributed by atoms with E-state index < -0.39 is 0 Å². The Morgan fingerprint density at radius 3 is 3.18 bits per heavy atom. The maximum Gasteiger partial charge on any atom is 0.0637 e. The molecule has 2 aliphatic rings. The van der Waals surface area contributed by atoms with Crippen LogP contribution in [0.4, 0.5) is 0 Å². The molecule has 94 valence electrons. The first-order valence-electron chi connectivity index (χ1n) is 6.79. The maximum absolute atomic E-state index is 4.41. The molecule has 2 saturated heterocycles. The van der Waals surface area contributed by atoms with Crippen LogP contribution in [0.15, 0.2) is 12.3 Å². The fourth-order valence-electron chi connectivity index (χ4n) is 3.30. The van der Waals surface area contributed by atoms with Gasteiger partial charge in [-0.1, -0.05) is 0 Å². The molecule has 2 atom stereocenters. The lowest BCUT2D eigenvalue weighted by Crippen LogP contribution is -2.40. The van der Waals surface area contributed by atoms with Crippen molar-refractivity contribution in [2.45, 2.75) is 37.8 Å². The van der Waals surface area contributed by atoms with E-state index in [-0.39, 0.29) is 0 Å². The molecule has 17 heavy (non-hydrogen) atoms. The summed E-state index contributed by atoms with van der Waals surface area (Å²) in [6, 6.07) is 3.65. The van der Waals surface area contributed by atoms with Crippen LogP contribution in [0.5, 0.6) is 0 Å². The minimum atomic E-state index is 0.723. The molecule has 0 bridgehead atoms. The van der Waals surface area contributed by atoms with Crippen LogP contribution in [0.25, 0.3) is 0 Å². The largest absolute Gasteiger partial charge is 0.312 e. The number of aromatic nitrogens is 2. The van der Waals surface area contributed by atoms with Gasteiger partial charge in [-0.15, -0.1) is 0 Å². The summed E-state index contributed by atoms with van der Waals surface area (Å²) in [7, 11) is 1.98. The quantitative estimate of drug-likeness (QED) is 0.836. The van der Waals surface area contributed by atoms with Crippen LogP contribution in [-0.2, 0) is 13.5 Å². The van der Waals surface area contributed by atoms with Crippen molar-refractivity contribution in [1.29, 1.82) is 0 Å². The molecule has 4 heteroatoms. The molecular formula is C13H22N4. The maximum atomic E-state index is 4.41. The Labute approximate surface area is 103 Å². The molecule has 4 nitrogen and oxygen atoms in total. The SMILES string of the molecule is Cn1ccc(CCNC2CCN3CCCC23)n1. The Balaban J connectivity index is 1.45. The van der Waals surface area contributed by atoms with Gasteiger partial charge in [-0.2, -0.15) is 5.10 Å². The first-order chi connectivity index (χ1) is 8.33. The van der Waals surface area contributed by atoms with E-state index in [0.29, 0.717) is 0 Å². The monoisotopic (exact) mass is 234 g/mol. The zero-order valence-corrected chi connectivity index (χ0v) is 10.6. The van der Waals surface area contributed by atoms with Crippen LogP contribution in [0.1, 0.15) is 25.0 Å². The van der Waals surface area contributed by atoms with E-state index in [1.54, 1.807) is 0 Å². The van der Waals surface area contributed by atoms with Crippen LogP contribution < -0.4 is 5.32 Å². The van der Waals surface area contributed by atoms with E-state index in [4.69, 9.17) is 0 Å². The van der Waals surface area contributed by atoms with E-state index in [9.17, 15) is 0 Å². The molecule has 0 saturated carbocycles. The van der Waals surface area contributed by atoms with E-state index in [2.05, 4.69) is 21.4 Å². The molecule has 0 aromatic carbocycles. The molecule has 0 amide bonds. The Morgan fingerprint density at radius 2 is 2.35 bits per heavy atom. The lowest BCUT2D eigenvalue weighted by atomic mass is 10.1. The Morgan fingerprint density at radius 1 is 1.41 bits per heavy atom. The molecule has 0 radical (unpaired) electrons. The van der Waals surface area contributed by atoms with Gasteiger partial charge < -0.3 is 5.32 Å². The Kier molecular flexibility index (Phi) is 3.16. The van der Waals surface area contributed by atoms with Crippen molar-refractivity contribution in [3.8, 4) is 0 Å². The van der Waals surface area contributed by atoms with Crippen molar-refractivity contribution in [3.05, 3.63) is 18.0 Å². The lowest BCUT2D eigenvalue weighted by molar-refractivity contribution is 0.299. The summed E-state index contributed by atoms with van der Waals surface area (Å²) in [6.07, 6.45) is 7.17. The van der Waals surface area contributed by atoms with Crippen LogP contribution in [-0.4, -0.2) is 46.4 Å². The smallest absolute Gasteiger partial charge is 0.0637 e. The summed E-state index contributed by atoms with van der Waals surface area (Å²) in [5.41, 5.74) is 1.20. The van der Waals surface area contributed by atoms with Gasteiger partial charge in [-0.05, 0) is 31.9 Å². The van der Waals surface area contributed by atoms with Crippen molar-refractivity contribution in [2.75, 3.05) is 19.6 Å². The van der Waals surface area contributed by atoms with Gasteiger partial charge in [0.25, 0.3) is 0 Å². The summed E-state index contributed by atoms with van der Waals surface area (Å²) in [5, 5.41) is 8.13. The second-order valence-electron chi connectivity index (χ2n) is 5.33. The van der Waals surface area contributed by atoms with E-state index in [1.165, 1.54) is 38.0 Å². The predicted octanol–water partition coefficient (Wildman–Crippen LogP) is 0.789. The van der Waals surface area contributed by atoms with Gasteiger partial charge in [0, 0.05) is 44.8 Å². The molecule has 1 aromatic rings. The number of aryl methyl sites for hydroxylation is 1. The Bertz CT molecular complexity index is 373. The fourth-order valence-corrected chi connectivity index (χ4v) is 3.30. The van der Waals surface area contributed by atoms with Crippen LogP contribution in [0, 0.1) is 0 Å². The second kappa shape index (κ2) is 4.78. The number of rotatable bonds is 4. The normalized spacial score (nSPS) is 28.8. The van der Waals surface area contributed by atoms with Crippen molar-refractivity contribution >= 4 is 0 Å². The van der Waals surface area contributed by atoms with Crippen molar-refractivity contribution in [1.82, 2.24) is 20.0 Å². The third-order valence-electron chi connectivity index (χ3n) is 4.16. The molecule has 2 unspecified atom stereocenters. The minimum absolute atomic E-state index is 0.723. The van der Waals surface area contributed by atoms with Gasteiger partial charge in [0.1, 0.15) is 0 Å². The summed E-state index contributed by atoms with van der Waals surface area (Å²) >= 11 is 0. The topological polar surface area (TPSA) is 33.1 Å². The van der Waals surface area contributed by atoms with Crippen LogP contribution in [0.2, 0.25) is 0 Å². The lowest BCUT2D eigenvalue weighted by Gasteiger charge is -2.21. The number of nitrogens with one attached hydrogen (secondary N) is 1. The van der Waals surface area contributed by atoms with E-state index in [0.717, 1.165) is 25.0 Å². The highest BCUT2D eigenvalue weighted by Gasteiger charge is 2.36. The van der Waals surface area contributed by atoms with Crippen LogP contribution in [0.3, 0.4) is 0 Å². The summed E-state index contributed by atoms with van der Waals surface area (Å²) in [6.45, 7) is 3.68. The molecule has 3 rings (SSSR count). The van der Waals surface area contributed by atoms with Crippen LogP contribution >= 0.6 is 0 Å². The van der Waals surface area contributed by atoms with Gasteiger partial charge in [0.05, 0.1) is 5.69 Å². The highest BCUT2D eigenvalue weighted by atomic mass is 15.3. The fraction of sp³-hybridized carbons (Fsp3) is 0.769. The van der Waals surface area contributed by atoms with Crippen molar-refractivity contribution in [2.24, 2.45) is 7.05 Å². The molecule has 2 fully saturated rings. The number of nitrogens with zero attached hydrogens (tertiary/aromatic N) is 3. The molecule has 0 spiro atoms. The second-order valence-corrected chi connectivity index (χ2v) is 5.33. The predicted molar refractivity (Wildman–Crippen MR) is 67.9 cm³/mol. The first-order valence-corrected chi connectivity index (χ1v) is 6.79. The standard InChI is InChI=1S/C13H22N4/c1-16-9-5-11(15-16)4-7-14-12-6-10-17-8-2-3-13(12)17/h5,9,12-14H,2-4,6-8,10H2,1H3. The number of hydrogen-bond acceptors (Lipinski definition) is 3.